The zero-order chi connectivity index (χ0) is 15.7. The van der Waals surface area contributed by atoms with Crippen LogP contribution in [0, 0.1) is 6.92 Å². The molecule has 0 unspecified atom stereocenters. The summed E-state index contributed by atoms with van der Waals surface area (Å²) in [7, 11) is -5.60. The number of aryl methyl sites for hydroxylation is 1. The van der Waals surface area contributed by atoms with E-state index >= 15 is 0 Å². The summed E-state index contributed by atoms with van der Waals surface area (Å²) in [6, 6.07) is 14.0. The van der Waals surface area contributed by atoms with Gasteiger partial charge in [0.1, 0.15) is 10.6 Å². The van der Waals surface area contributed by atoms with Gasteiger partial charge < -0.3 is 4.18 Å². The Bertz CT molecular complexity index is 732. The molecule has 112 valence electrons. The third kappa shape index (κ3) is 3.74. The Hall–Kier alpha value is -1.59. The number of para-hydroxylation sites is 1. The molecule has 2 aromatic carbocycles. The van der Waals surface area contributed by atoms with Crippen LogP contribution < -0.4 is 9.37 Å². The number of benzene rings is 2. The van der Waals surface area contributed by atoms with E-state index in [1.807, 2.05) is 25.1 Å². The van der Waals surface area contributed by atoms with Crippen LogP contribution in [-0.2, 0) is 10.1 Å². The van der Waals surface area contributed by atoms with E-state index in [2.05, 4.69) is 19.6 Å². The van der Waals surface area contributed by atoms with Crippen LogP contribution >= 0.6 is 0 Å². The van der Waals surface area contributed by atoms with Crippen LogP contribution in [0.25, 0.3) is 0 Å². The Kier molecular flexibility index (Phi) is 4.25. The molecule has 0 saturated heterocycles. The molecule has 0 aliphatic heterocycles. The summed E-state index contributed by atoms with van der Waals surface area (Å²) in [4.78, 5) is 0.288. The summed E-state index contributed by atoms with van der Waals surface area (Å²) in [5.41, 5.74) is 1.06. The molecule has 0 aromatic heterocycles. The molecule has 0 aliphatic rings. The lowest BCUT2D eigenvalue weighted by Crippen LogP contribution is -2.41. The average molecular weight is 320 g/mol. The standard InChI is InChI=1S/C16H20O3SSi/c1-13-10-11-15(16(12-13)21(2,3)4)20(17,18)19-14-8-6-5-7-9-14/h5-12H,1-4H3. The number of hydrogen-bond donors (Lipinski definition) is 0. The molecule has 0 bridgehead atoms. The molecule has 0 aliphatic carbocycles. The van der Waals surface area contributed by atoms with Gasteiger partial charge in [0.2, 0.25) is 0 Å². The Morgan fingerprint density at radius 2 is 1.57 bits per heavy atom. The van der Waals surface area contributed by atoms with E-state index < -0.39 is 18.2 Å². The van der Waals surface area contributed by atoms with E-state index in [1.54, 1.807) is 30.3 Å². The van der Waals surface area contributed by atoms with E-state index in [0.717, 1.165) is 10.8 Å². The largest absolute Gasteiger partial charge is 0.379 e. The van der Waals surface area contributed by atoms with Gasteiger partial charge in [0.05, 0.1) is 8.07 Å². The van der Waals surface area contributed by atoms with Gasteiger partial charge in [-0.25, -0.2) is 0 Å². The van der Waals surface area contributed by atoms with Crippen molar-refractivity contribution in [3.63, 3.8) is 0 Å². The maximum absolute atomic E-state index is 12.6. The maximum Gasteiger partial charge on any atom is 0.339 e. The van der Waals surface area contributed by atoms with Crippen molar-refractivity contribution in [3.05, 3.63) is 54.1 Å². The molecule has 0 saturated carbocycles. The summed E-state index contributed by atoms with van der Waals surface area (Å²) in [5.74, 6) is 0.333. The van der Waals surface area contributed by atoms with Crippen LogP contribution in [0.2, 0.25) is 19.6 Å². The summed E-state index contributed by atoms with van der Waals surface area (Å²) < 4.78 is 30.4. The van der Waals surface area contributed by atoms with Crippen LogP contribution in [0.4, 0.5) is 0 Å². The van der Waals surface area contributed by atoms with Crippen LogP contribution in [0.1, 0.15) is 5.56 Å². The van der Waals surface area contributed by atoms with E-state index in [1.165, 1.54) is 0 Å². The Labute approximate surface area is 127 Å². The molecule has 21 heavy (non-hydrogen) atoms. The molecule has 0 N–H and O–H groups in total. The van der Waals surface area contributed by atoms with Crippen LogP contribution in [0.3, 0.4) is 0 Å². The highest BCUT2D eigenvalue weighted by Crippen LogP contribution is 2.20. The maximum atomic E-state index is 12.6. The Morgan fingerprint density at radius 1 is 0.952 bits per heavy atom. The summed E-state index contributed by atoms with van der Waals surface area (Å²) in [6.07, 6.45) is 0. The summed E-state index contributed by atoms with van der Waals surface area (Å²) in [5, 5.41) is 0.901. The van der Waals surface area contributed by atoms with Crippen molar-refractivity contribution in [3.8, 4) is 5.75 Å². The van der Waals surface area contributed by atoms with Gasteiger partial charge >= 0.3 is 10.1 Å². The topological polar surface area (TPSA) is 43.4 Å². The Morgan fingerprint density at radius 3 is 2.14 bits per heavy atom. The molecule has 0 fully saturated rings. The van der Waals surface area contributed by atoms with Crippen LogP contribution in [0.15, 0.2) is 53.4 Å². The van der Waals surface area contributed by atoms with Crippen LogP contribution in [-0.4, -0.2) is 16.5 Å². The summed E-state index contributed by atoms with van der Waals surface area (Å²) >= 11 is 0. The number of rotatable bonds is 4. The van der Waals surface area contributed by atoms with Gasteiger partial charge in [-0.2, -0.15) is 8.42 Å². The first-order valence-corrected chi connectivity index (χ1v) is 11.7. The Balaban J connectivity index is 2.50. The third-order valence-electron chi connectivity index (χ3n) is 3.16. The zero-order valence-corrected chi connectivity index (χ0v) is 14.6. The third-order valence-corrected chi connectivity index (χ3v) is 6.68. The van der Waals surface area contributed by atoms with Gasteiger partial charge in [0.25, 0.3) is 0 Å². The monoisotopic (exact) mass is 320 g/mol. The first-order chi connectivity index (χ1) is 9.70. The lowest BCUT2D eigenvalue weighted by molar-refractivity contribution is 0.486. The molecular formula is C16H20O3SSi. The first-order valence-electron chi connectivity index (χ1n) is 6.81. The number of hydrogen-bond acceptors (Lipinski definition) is 3. The van der Waals surface area contributed by atoms with Gasteiger partial charge in [-0.05, 0) is 30.3 Å². The minimum atomic E-state index is -3.81. The van der Waals surface area contributed by atoms with Gasteiger partial charge in [-0.3, -0.25) is 0 Å². The highest BCUT2D eigenvalue weighted by atomic mass is 32.2. The average Bonchev–Trinajstić information content (AvgIpc) is 2.38. The highest BCUT2D eigenvalue weighted by molar-refractivity contribution is 7.87. The van der Waals surface area contributed by atoms with E-state index in [0.29, 0.717) is 5.75 Å². The van der Waals surface area contributed by atoms with Crippen molar-refractivity contribution >= 4 is 23.4 Å². The second-order valence-electron chi connectivity index (χ2n) is 6.10. The van der Waals surface area contributed by atoms with Crippen molar-refractivity contribution in [1.82, 2.24) is 0 Å². The smallest absolute Gasteiger partial charge is 0.339 e. The van der Waals surface area contributed by atoms with E-state index in [4.69, 9.17) is 4.18 Å². The lowest BCUT2D eigenvalue weighted by Gasteiger charge is -2.21. The second kappa shape index (κ2) is 5.65. The van der Waals surface area contributed by atoms with Gasteiger partial charge in [0, 0.05) is 0 Å². The van der Waals surface area contributed by atoms with Crippen molar-refractivity contribution in [1.29, 1.82) is 0 Å². The minimum absolute atomic E-state index is 0.288. The fourth-order valence-electron chi connectivity index (χ4n) is 2.10. The van der Waals surface area contributed by atoms with Gasteiger partial charge in [-0.15, -0.1) is 0 Å². The zero-order valence-electron chi connectivity index (χ0n) is 12.8. The molecule has 0 heterocycles. The lowest BCUT2D eigenvalue weighted by atomic mass is 10.2. The van der Waals surface area contributed by atoms with Gasteiger partial charge in [0.15, 0.2) is 0 Å². The minimum Gasteiger partial charge on any atom is -0.379 e. The predicted molar refractivity (Wildman–Crippen MR) is 88.4 cm³/mol. The molecule has 0 spiro atoms. The normalized spacial score (nSPS) is 12.2. The highest BCUT2D eigenvalue weighted by Gasteiger charge is 2.28. The molecule has 2 rings (SSSR count). The quantitative estimate of drug-likeness (QED) is 0.641. The second-order valence-corrected chi connectivity index (χ2v) is 12.7. The molecule has 0 radical (unpaired) electrons. The van der Waals surface area contributed by atoms with Crippen molar-refractivity contribution in [2.75, 3.05) is 0 Å². The molecule has 5 heteroatoms. The SMILES string of the molecule is Cc1ccc(S(=O)(=O)Oc2ccccc2)c([Si](C)(C)C)c1. The van der Waals surface area contributed by atoms with Gasteiger partial charge in [-0.1, -0.05) is 55.5 Å². The van der Waals surface area contributed by atoms with Crippen molar-refractivity contribution in [2.45, 2.75) is 31.5 Å². The molecule has 3 nitrogen and oxygen atoms in total. The predicted octanol–water partition coefficient (Wildman–Crippen LogP) is 3.31. The molecule has 2 aromatic rings. The fourth-order valence-corrected chi connectivity index (χ4v) is 5.89. The van der Waals surface area contributed by atoms with E-state index in [-0.39, 0.29) is 4.90 Å². The van der Waals surface area contributed by atoms with Crippen molar-refractivity contribution < 1.29 is 12.6 Å². The molecule has 0 amide bonds. The fraction of sp³-hybridized carbons (Fsp3) is 0.250. The molecule has 0 atom stereocenters. The van der Waals surface area contributed by atoms with Crippen molar-refractivity contribution in [2.24, 2.45) is 0 Å². The summed E-state index contributed by atoms with van der Waals surface area (Å²) in [6.45, 7) is 8.36. The molecular weight excluding hydrogens is 300 g/mol. The first kappa shape index (κ1) is 15.8. The van der Waals surface area contributed by atoms with E-state index in [9.17, 15) is 8.42 Å². The van der Waals surface area contributed by atoms with Crippen LogP contribution in [0.5, 0.6) is 5.75 Å².